The van der Waals surface area contributed by atoms with E-state index >= 15 is 0 Å². The summed E-state index contributed by atoms with van der Waals surface area (Å²) in [7, 11) is 1.96. The average Bonchev–Trinajstić information content (AvgIpc) is 2.86. The molecule has 0 spiro atoms. The summed E-state index contributed by atoms with van der Waals surface area (Å²) in [5, 5.41) is 2.83. The number of nitrogens with one attached hydrogen (secondary N) is 2. The van der Waals surface area contributed by atoms with Crippen molar-refractivity contribution in [2.45, 2.75) is 13.0 Å². The van der Waals surface area contributed by atoms with E-state index in [1.807, 2.05) is 19.2 Å². The van der Waals surface area contributed by atoms with Crippen LogP contribution in [-0.4, -0.2) is 26.0 Å². The molecule has 1 aromatic carbocycles. The number of carbonyl (C=O) groups is 1. The number of hydrogen-bond acceptors (Lipinski definition) is 2. The second-order valence-electron chi connectivity index (χ2n) is 5.21. The van der Waals surface area contributed by atoms with Gasteiger partial charge in [0, 0.05) is 6.54 Å². The van der Waals surface area contributed by atoms with Gasteiger partial charge in [0.05, 0.1) is 16.3 Å². The highest BCUT2D eigenvalue weighted by atomic mass is 35.5. The van der Waals surface area contributed by atoms with Crippen molar-refractivity contribution in [3.8, 4) is 0 Å². The van der Waals surface area contributed by atoms with Crippen molar-refractivity contribution in [3.63, 3.8) is 0 Å². The third kappa shape index (κ3) is 5.40. The molecule has 0 saturated carbocycles. The third-order valence-electron chi connectivity index (χ3n) is 3.24. The molecule has 22 heavy (non-hydrogen) atoms. The molecule has 0 fully saturated rings. The topological polar surface area (TPSA) is 33.5 Å². The molecule has 2 aromatic rings. The van der Waals surface area contributed by atoms with Gasteiger partial charge >= 0.3 is 0 Å². The summed E-state index contributed by atoms with van der Waals surface area (Å²) in [6, 6.07) is 10.5. The fourth-order valence-electron chi connectivity index (χ4n) is 2.18. The molecule has 1 heterocycles. The van der Waals surface area contributed by atoms with Crippen LogP contribution >= 0.6 is 22.9 Å². The van der Waals surface area contributed by atoms with Gasteiger partial charge < -0.3 is 10.2 Å². The third-order valence-corrected chi connectivity index (χ3v) is 4.47. The van der Waals surface area contributed by atoms with Crippen LogP contribution in [0.3, 0.4) is 0 Å². The van der Waals surface area contributed by atoms with E-state index in [1.54, 1.807) is 18.2 Å². The summed E-state index contributed by atoms with van der Waals surface area (Å²) in [6.45, 7) is 1.59. The lowest BCUT2D eigenvalue weighted by Gasteiger charge is -2.13. The molecule has 0 saturated heterocycles. The molecule has 2 N–H and O–H groups in total. The van der Waals surface area contributed by atoms with Crippen LogP contribution in [0.2, 0.25) is 4.34 Å². The molecule has 1 unspecified atom stereocenters. The van der Waals surface area contributed by atoms with E-state index in [2.05, 4.69) is 5.32 Å². The van der Waals surface area contributed by atoms with Gasteiger partial charge in [-0.1, -0.05) is 29.8 Å². The zero-order valence-electron chi connectivity index (χ0n) is 12.4. The van der Waals surface area contributed by atoms with Crippen LogP contribution in [-0.2, 0) is 17.8 Å². The van der Waals surface area contributed by atoms with Crippen molar-refractivity contribution in [1.82, 2.24) is 5.32 Å². The summed E-state index contributed by atoms with van der Waals surface area (Å²) in [5.41, 5.74) is 0.622. The van der Waals surface area contributed by atoms with E-state index in [-0.39, 0.29) is 11.7 Å². The Morgan fingerprint density at radius 3 is 2.77 bits per heavy atom. The van der Waals surface area contributed by atoms with Crippen LogP contribution in [0, 0.1) is 5.82 Å². The number of hydrogen-bond donors (Lipinski definition) is 2. The molecule has 0 bridgehead atoms. The van der Waals surface area contributed by atoms with E-state index in [4.69, 9.17) is 11.6 Å². The number of thiophene rings is 1. The van der Waals surface area contributed by atoms with Crippen LogP contribution < -0.4 is 10.2 Å². The van der Waals surface area contributed by atoms with Crippen molar-refractivity contribution < 1.29 is 14.1 Å². The Morgan fingerprint density at radius 1 is 1.32 bits per heavy atom. The summed E-state index contributed by atoms with van der Waals surface area (Å²) < 4.78 is 14.2. The highest BCUT2D eigenvalue weighted by molar-refractivity contribution is 7.16. The number of halogens is 2. The first-order valence-corrected chi connectivity index (χ1v) is 8.29. The monoisotopic (exact) mass is 341 g/mol. The SMILES string of the molecule is C[NH+](CC(=O)NCCc1ccccc1F)Cc1ccc(Cl)s1. The highest BCUT2D eigenvalue weighted by Crippen LogP contribution is 2.20. The molecule has 0 aliphatic carbocycles. The lowest BCUT2D eigenvalue weighted by atomic mass is 10.1. The molecule has 0 radical (unpaired) electrons. The predicted octanol–water partition coefficient (Wildman–Crippen LogP) is 1.91. The number of carbonyl (C=O) groups excluding carboxylic acids is 1. The number of amides is 1. The van der Waals surface area contributed by atoms with Crippen molar-refractivity contribution in [2.75, 3.05) is 20.1 Å². The molecule has 1 atom stereocenters. The van der Waals surface area contributed by atoms with Crippen molar-refractivity contribution in [3.05, 3.63) is 57.0 Å². The number of likely N-dealkylation sites (N-methyl/N-ethyl adjacent to an activating group) is 1. The van der Waals surface area contributed by atoms with E-state index in [1.165, 1.54) is 17.4 Å². The molecule has 0 aliphatic rings. The van der Waals surface area contributed by atoms with Gasteiger partial charge in [0.2, 0.25) is 0 Å². The Balaban J connectivity index is 1.70. The standard InChI is InChI=1S/C16H18ClFN2OS/c1-20(10-13-6-7-15(17)22-13)11-16(21)19-9-8-12-4-2-3-5-14(12)18/h2-7H,8-11H2,1H3,(H,19,21)/p+1. The first-order valence-electron chi connectivity index (χ1n) is 7.10. The molecular weight excluding hydrogens is 323 g/mol. The van der Waals surface area contributed by atoms with Gasteiger partial charge in [-0.05, 0) is 30.2 Å². The smallest absolute Gasteiger partial charge is 0.275 e. The highest BCUT2D eigenvalue weighted by Gasteiger charge is 2.11. The van der Waals surface area contributed by atoms with Gasteiger partial charge in [-0.2, -0.15) is 0 Å². The van der Waals surface area contributed by atoms with Gasteiger partial charge in [0.1, 0.15) is 12.4 Å². The molecule has 3 nitrogen and oxygen atoms in total. The first-order chi connectivity index (χ1) is 10.5. The van der Waals surface area contributed by atoms with Crippen LogP contribution in [0.25, 0.3) is 0 Å². The number of rotatable bonds is 7. The first kappa shape index (κ1) is 16.9. The Bertz CT molecular complexity index is 632. The van der Waals surface area contributed by atoms with Gasteiger partial charge in [-0.3, -0.25) is 4.79 Å². The van der Waals surface area contributed by atoms with Crippen LogP contribution in [0.4, 0.5) is 4.39 Å². The largest absolute Gasteiger partial charge is 0.351 e. The molecular formula is C16H19ClFN2OS+. The molecule has 0 aliphatic heterocycles. The predicted molar refractivity (Wildman–Crippen MR) is 87.9 cm³/mol. The summed E-state index contributed by atoms with van der Waals surface area (Å²) in [6.07, 6.45) is 0.498. The van der Waals surface area contributed by atoms with Gasteiger partial charge in [0.25, 0.3) is 5.91 Å². The van der Waals surface area contributed by atoms with Gasteiger partial charge in [0.15, 0.2) is 6.54 Å². The summed E-state index contributed by atoms with van der Waals surface area (Å²) >= 11 is 7.42. The Kier molecular flexibility index (Phi) is 6.36. The normalized spacial score (nSPS) is 12.1. The van der Waals surface area contributed by atoms with Gasteiger partial charge in [-0.15, -0.1) is 11.3 Å². The second kappa shape index (κ2) is 8.27. The molecule has 1 amide bonds. The zero-order chi connectivity index (χ0) is 15.9. The number of benzene rings is 1. The molecule has 2 rings (SSSR count). The fourth-order valence-corrected chi connectivity index (χ4v) is 3.38. The maximum Gasteiger partial charge on any atom is 0.275 e. The Labute approximate surface area is 138 Å². The molecule has 6 heteroatoms. The summed E-state index contributed by atoms with van der Waals surface area (Å²) in [4.78, 5) is 14.1. The minimum absolute atomic E-state index is 0.0310. The average molecular weight is 342 g/mol. The van der Waals surface area contributed by atoms with E-state index in [0.717, 1.165) is 20.7 Å². The lowest BCUT2D eigenvalue weighted by Crippen LogP contribution is -3.08. The second-order valence-corrected chi connectivity index (χ2v) is 7.01. The van der Waals surface area contributed by atoms with Crippen LogP contribution in [0.5, 0.6) is 0 Å². The molecule has 1 aromatic heterocycles. The van der Waals surface area contributed by atoms with E-state index in [0.29, 0.717) is 25.1 Å². The maximum absolute atomic E-state index is 13.4. The van der Waals surface area contributed by atoms with E-state index in [9.17, 15) is 9.18 Å². The van der Waals surface area contributed by atoms with Crippen LogP contribution in [0.15, 0.2) is 36.4 Å². The minimum atomic E-state index is -0.228. The quantitative estimate of drug-likeness (QED) is 0.792. The van der Waals surface area contributed by atoms with Crippen molar-refractivity contribution in [1.29, 1.82) is 0 Å². The zero-order valence-corrected chi connectivity index (χ0v) is 13.9. The minimum Gasteiger partial charge on any atom is -0.351 e. The number of quaternary nitrogens is 1. The Hall–Kier alpha value is -1.43. The maximum atomic E-state index is 13.4. The van der Waals surface area contributed by atoms with E-state index < -0.39 is 0 Å². The van der Waals surface area contributed by atoms with Gasteiger partial charge in [-0.25, -0.2) is 4.39 Å². The Morgan fingerprint density at radius 2 is 2.09 bits per heavy atom. The molecule has 118 valence electrons. The lowest BCUT2D eigenvalue weighted by molar-refractivity contribution is -0.885. The van der Waals surface area contributed by atoms with Crippen LogP contribution in [0.1, 0.15) is 10.4 Å². The fraction of sp³-hybridized carbons (Fsp3) is 0.312. The van der Waals surface area contributed by atoms with Crippen molar-refractivity contribution >= 4 is 28.8 Å². The van der Waals surface area contributed by atoms with Crippen molar-refractivity contribution in [2.24, 2.45) is 0 Å². The summed E-state index contributed by atoms with van der Waals surface area (Å²) in [5.74, 6) is -0.259.